The average molecular weight is 399 g/mol. The fourth-order valence-corrected chi connectivity index (χ4v) is 4.52. The summed E-state index contributed by atoms with van der Waals surface area (Å²) in [6, 6.07) is 31.1. The number of aromatic nitrogens is 2. The predicted molar refractivity (Wildman–Crippen MR) is 119 cm³/mol. The Bertz CT molecular complexity index is 951. The fraction of sp³-hybridized carbons (Fsp3) is 0.120. The van der Waals surface area contributed by atoms with Crippen LogP contribution in [0.4, 0.5) is 0 Å². The van der Waals surface area contributed by atoms with Crippen molar-refractivity contribution in [2.75, 3.05) is 0 Å². The molecule has 0 saturated heterocycles. The van der Waals surface area contributed by atoms with E-state index in [9.17, 15) is 4.79 Å². The van der Waals surface area contributed by atoms with Crippen LogP contribution < -0.4 is 0 Å². The molecule has 0 spiro atoms. The van der Waals surface area contributed by atoms with Crippen molar-refractivity contribution in [1.82, 2.24) is 9.97 Å². The van der Waals surface area contributed by atoms with E-state index in [1.807, 2.05) is 60.8 Å². The third kappa shape index (κ3) is 3.64. The van der Waals surface area contributed by atoms with E-state index >= 15 is 0 Å². The lowest BCUT2D eigenvalue weighted by atomic mass is 9.60. The first-order valence-electron chi connectivity index (χ1n) is 9.59. The van der Waals surface area contributed by atoms with Gasteiger partial charge in [0, 0.05) is 24.2 Å². The number of nitrogens with one attached hydrogen (secondary N) is 1. The summed E-state index contributed by atoms with van der Waals surface area (Å²) in [7, 11) is 0. The van der Waals surface area contributed by atoms with E-state index in [1.165, 1.54) is 0 Å². The second kappa shape index (κ2) is 8.50. The molecule has 4 rings (SSSR count). The maximum absolute atomic E-state index is 12.3. The summed E-state index contributed by atoms with van der Waals surface area (Å²) in [4.78, 5) is 19.8. The summed E-state index contributed by atoms with van der Waals surface area (Å²) in [6.45, 7) is 0. The Hall–Kier alpha value is -3.11. The van der Waals surface area contributed by atoms with Crippen molar-refractivity contribution in [2.45, 2.75) is 17.8 Å². The first kappa shape index (κ1) is 19.2. The van der Waals surface area contributed by atoms with Gasteiger partial charge in [-0.2, -0.15) is 0 Å². The van der Waals surface area contributed by atoms with Gasteiger partial charge in [-0.15, -0.1) is 12.6 Å². The molecule has 3 aromatic carbocycles. The highest BCUT2D eigenvalue weighted by atomic mass is 32.1. The monoisotopic (exact) mass is 398 g/mol. The lowest BCUT2D eigenvalue weighted by Gasteiger charge is -2.42. The van der Waals surface area contributed by atoms with E-state index in [-0.39, 0.29) is 17.5 Å². The van der Waals surface area contributed by atoms with Crippen LogP contribution in [0.1, 0.15) is 34.7 Å². The van der Waals surface area contributed by atoms with Gasteiger partial charge in [-0.3, -0.25) is 4.79 Å². The topological polar surface area (TPSA) is 45.8 Å². The highest BCUT2D eigenvalue weighted by molar-refractivity contribution is 7.96. The first-order valence-corrected chi connectivity index (χ1v) is 10.0. The van der Waals surface area contributed by atoms with Gasteiger partial charge < -0.3 is 4.98 Å². The summed E-state index contributed by atoms with van der Waals surface area (Å²) < 4.78 is 0. The van der Waals surface area contributed by atoms with Crippen LogP contribution in [0.15, 0.2) is 104 Å². The number of benzene rings is 3. The van der Waals surface area contributed by atoms with Crippen LogP contribution in [0.25, 0.3) is 0 Å². The van der Waals surface area contributed by atoms with E-state index in [2.05, 4.69) is 59.0 Å². The zero-order valence-corrected chi connectivity index (χ0v) is 16.8. The fourth-order valence-electron chi connectivity index (χ4n) is 4.33. The Kier molecular flexibility index (Phi) is 5.63. The molecule has 3 nitrogen and oxygen atoms in total. The minimum Gasteiger partial charge on any atom is -0.348 e. The minimum absolute atomic E-state index is 0.156. The Morgan fingerprint density at radius 3 is 1.62 bits per heavy atom. The number of rotatable bonds is 7. The second-order valence-electron chi connectivity index (χ2n) is 7.06. The van der Waals surface area contributed by atoms with Crippen molar-refractivity contribution >= 4 is 17.7 Å². The van der Waals surface area contributed by atoms with Gasteiger partial charge in [-0.25, -0.2) is 4.98 Å². The summed E-state index contributed by atoms with van der Waals surface area (Å²) in [6.07, 6.45) is 3.74. The molecule has 29 heavy (non-hydrogen) atoms. The number of hydrogen-bond donors (Lipinski definition) is 2. The van der Waals surface area contributed by atoms with Crippen molar-refractivity contribution in [3.8, 4) is 0 Å². The van der Waals surface area contributed by atoms with Crippen molar-refractivity contribution in [3.63, 3.8) is 0 Å². The van der Waals surface area contributed by atoms with Crippen LogP contribution in [-0.2, 0) is 10.2 Å². The predicted octanol–water partition coefficient (Wildman–Crippen LogP) is 5.37. The number of carbonyl (C=O) groups excluding carboxylic acids is 1. The van der Waals surface area contributed by atoms with Gasteiger partial charge in [-0.05, 0) is 16.7 Å². The van der Waals surface area contributed by atoms with Gasteiger partial charge in [0.05, 0.1) is 11.7 Å². The maximum atomic E-state index is 12.3. The SMILES string of the molecule is O=C(S)CC(c1cnc[nH]1)C(c1ccccc1)(c1ccccc1)c1ccccc1. The number of H-pyrrole nitrogens is 1. The molecule has 4 heteroatoms. The number of carbonyl (C=O) groups is 1. The van der Waals surface area contributed by atoms with Crippen molar-refractivity contribution in [1.29, 1.82) is 0 Å². The molecule has 1 heterocycles. The molecule has 0 saturated carbocycles. The summed E-state index contributed by atoms with van der Waals surface area (Å²) in [5.74, 6) is -0.206. The Morgan fingerprint density at radius 1 is 0.828 bits per heavy atom. The third-order valence-electron chi connectivity index (χ3n) is 5.48. The van der Waals surface area contributed by atoms with Crippen molar-refractivity contribution in [2.24, 2.45) is 0 Å². The van der Waals surface area contributed by atoms with E-state index in [0.717, 1.165) is 22.4 Å². The largest absolute Gasteiger partial charge is 0.348 e. The Labute approximate surface area is 176 Å². The van der Waals surface area contributed by atoms with E-state index in [1.54, 1.807) is 6.33 Å². The normalized spacial score (nSPS) is 12.4. The number of nitrogens with zero attached hydrogens (tertiary/aromatic N) is 1. The molecule has 1 aromatic heterocycles. The zero-order chi connectivity index (χ0) is 20.1. The molecule has 144 valence electrons. The highest BCUT2D eigenvalue weighted by Gasteiger charge is 2.45. The molecular weight excluding hydrogens is 376 g/mol. The molecule has 0 bridgehead atoms. The van der Waals surface area contributed by atoms with Crippen LogP contribution in [0.5, 0.6) is 0 Å². The molecule has 0 amide bonds. The highest BCUT2D eigenvalue weighted by Crippen LogP contribution is 2.50. The lowest BCUT2D eigenvalue weighted by Crippen LogP contribution is -2.37. The van der Waals surface area contributed by atoms with E-state index < -0.39 is 5.41 Å². The van der Waals surface area contributed by atoms with Gasteiger partial charge in [-0.1, -0.05) is 91.0 Å². The average Bonchev–Trinajstić information content (AvgIpc) is 3.30. The van der Waals surface area contributed by atoms with Gasteiger partial charge in [0.1, 0.15) is 0 Å². The van der Waals surface area contributed by atoms with Gasteiger partial charge in [0.25, 0.3) is 0 Å². The molecule has 1 atom stereocenters. The zero-order valence-electron chi connectivity index (χ0n) is 15.9. The van der Waals surface area contributed by atoms with Crippen molar-refractivity contribution < 1.29 is 4.79 Å². The van der Waals surface area contributed by atoms with Gasteiger partial charge in [0.2, 0.25) is 0 Å². The van der Waals surface area contributed by atoms with Crippen LogP contribution in [0.3, 0.4) is 0 Å². The first-order chi connectivity index (χ1) is 14.2. The summed E-state index contributed by atoms with van der Waals surface area (Å²) >= 11 is 4.16. The molecule has 1 N–H and O–H groups in total. The molecule has 0 aliphatic carbocycles. The Balaban J connectivity index is 2.11. The van der Waals surface area contributed by atoms with Crippen molar-refractivity contribution in [3.05, 3.63) is 126 Å². The second-order valence-corrected chi connectivity index (χ2v) is 7.56. The van der Waals surface area contributed by atoms with Gasteiger partial charge >= 0.3 is 0 Å². The molecule has 0 aliphatic rings. The molecule has 0 aliphatic heterocycles. The molecule has 0 fully saturated rings. The van der Waals surface area contributed by atoms with Gasteiger partial charge in [0.15, 0.2) is 5.12 Å². The quantitative estimate of drug-likeness (QED) is 0.324. The third-order valence-corrected chi connectivity index (χ3v) is 5.67. The standard InChI is InChI=1S/C25H22N2OS/c28-24(29)16-22(23-17-26-18-27-23)25(19-10-4-1-5-11-19,20-12-6-2-7-13-20)21-14-8-3-9-15-21/h1-15,17-18,22H,16H2,(H,26,27)(H,28,29). The van der Waals surface area contributed by atoms with Crippen LogP contribution in [0.2, 0.25) is 0 Å². The number of thiol groups is 1. The van der Waals surface area contributed by atoms with Crippen LogP contribution >= 0.6 is 12.6 Å². The smallest absolute Gasteiger partial charge is 0.186 e. The van der Waals surface area contributed by atoms with E-state index in [0.29, 0.717) is 0 Å². The molecular formula is C25H22N2OS. The van der Waals surface area contributed by atoms with Crippen LogP contribution in [-0.4, -0.2) is 15.1 Å². The Morgan fingerprint density at radius 2 is 1.28 bits per heavy atom. The van der Waals surface area contributed by atoms with E-state index in [4.69, 9.17) is 0 Å². The van der Waals surface area contributed by atoms with Crippen LogP contribution in [0, 0.1) is 0 Å². The molecule has 0 radical (unpaired) electrons. The molecule has 1 unspecified atom stereocenters. The summed E-state index contributed by atoms with van der Waals surface area (Å²) in [5.41, 5.74) is 3.67. The molecule has 4 aromatic rings. The number of aromatic amines is 1. The minimum atomic E-state index is -0.589. The number of hydrogen-bond acceptors (Lipinski definition) is 2. The number of imidazole rings is 1. The summed E-state index contributed by atoms with van der Waals surface area (Å²) in [5, 5.41) is -0.156. The maximum Gasteiger partial charge on any atom is 0.186 e. The lowest BCUT2D eigenvalue weighted by molar-refractivity contribution is -0.111.